The van der Waals surface area contributed by atoms with Gasteiger partial charge in [-0.05, 0) is 19.1 Å². The number of hydrogen-bond donors (Lipinski definition) is 2. The molecule has 0 saturated heterocycles. The Hall–Kier alpha value is -0.970. The molecule has 0 radical (unpaired) electrons. The molecule has 1 aromatic heterocycles. The van der Waals surface area contributed by atoms with E-state index in [-0.39, 0.29) is 0 Å². The van der Waals surface area contributed by atoms with Gasteiger partial charge in [-0.1, -0.05) is 6.42 Å². The fraction of sp³-hybridized carbons (Fsp3) is 0.600. The predicted molar refractivity (Wildman–Crippen MR) is 65.0 cm³/mol. The molecule has 3 N–H and O–H groups in total. The Kier molecular flexibility index (Phi) is 3.00. The van der Waals surface area contributed by atoms with Crippen molar-refractivity contribution in [3.8, 4) is 0 Å². The molecule has 0 aromatic carbocycles. The van der Waals surface area contributed by atoms with Crippen molar-refractivity contribution < 1.29 is 0 Å². The minimum atomic E-state index is 0.400. The van der Waals surface area contributed by atoms with E-state index in [1.165, 1.54) is 25.6 Å². The molecule has 1 aliphatic carbocycles. The van der Waals surface area contributed by atoms with Crippen molar-refractivity contribution in [1.82, 2.24) is 9.97 Å². The lowest BCUT2D eigenvalue weighted by Crippen LogP contribution is -2.40. The summed E-state index contributed by atoms with van der Waals surface area (Å²) in [6, 6.07) is 0. The summed E-state index contributed by atoms with van der Waals surface area (Å²) < 4.78 is 0.400. The fourth-order valence-corrected chi connectivity index (χ4v) is 2.67. The second kappa shape index (κ2) is 4.26. The number of hydrogen-bond acceptors (Lipinski definition) is 5. The van der Waals surface area contributed by atoms with Gasteiger partial charge < -0.3 is 11.1 Å². The maximum atomic E-state index is 5.76. The smallest absolute Gasteiger partial charge is 0.152 e. The second-order valence-corrected chi connectivity index (χ2v) is 5.20. The Morgan fingerprint density at radius 3 is 2.93 bits per heavy atom. The first kappa shape index (κ1) is 10.5. The third-order valence-corrected chi connectivity index (χ3v) is 4.43. The van der Waals surface area contributed by atoms with Gasteiger partial charge in [0.15, 0.2) is 5.82 Å². The van der Waals surface area contributed by atoms with E-state index >= 15 is 0 Å². The molecule has 5 heteroatoms. The molecule has 0 bridgehead atoms. The molecular weight excluding hydrogens is 208 g/mol. The summed E-state index contributed by atoms with van der Waals surface area (Å²) in [5.41, 5.74) is 6.38. The van der Waals surface area contributed by atoms with Gasteiger partial charge in [-0.3, -0.25) is 0 Å². The highest BCUT2D eigenvalue weighted by molar-refractivity contribution is 8.00. The molecule has 2 rings (SSSR count). The zero-order chi connectivity index (χ0) is 10.7. The van der Waals surface area contributed by atoms with Gasteiger partial charge in [0.1, 0.15) is 6.33 Å². The summed E-state index contributed by atoms with van der Waals surface area (Å²) >= 11 is 1.94. The number of nitrogen functional groups attached to an aromatic ring is 1. The van der Waals surface area contributed by atoms with E-state index in [1.54, 1.807) is 6.20 Å². The van der Waals surface area contributed by atoms with E-state index in [0.717, 1.165) is 12.4 Å². The topological polar surface area (TPSA) is 63.8 Å². The quantitative estimate of drug-likeness (QED) is 0.816. The number of aromatic nitrogens is 2. The highest BCUT2D eigenvalue weighted by Crippen LogP contribution is 2.42. The first-order chi connectivity index (χ1) is 7.26. The highest BCUT2D eigenvalue weighted by atomic mass is 32.2. The summed E-state index contributed by atoms with van der Waals surface area (Å²) in [7, 11) is 0. The molecule has 1 fully saturated rings. The zero-order valence-corrected chi connectivity index (χ0v) is 9.68. The van der Waals surface area contributed by atoms with Crippen LogP contribution in [0.25, 0.3) is 0 Å². The predicted octanol–water partition coefficient (Wildman–Crippen LogP) is 1.76. The second-order valence-electron chi connectivity index (χ2n) is 3.92. The Morgan fingerprint density at radius 1 is 1.60 bits per heavy atom. The maximum absolute atomic E-state index is 5.76. The number of thioether (sulfide) groups is 1. The molecule has 1 aliphatic rings. The number of anilines is 2. The van der Waals surface area contributed by atoms with Crippen LogP contribution in [0, 0.1) is 0 Å². The van der Waals surface area contributed by atoms with Gasteiger partial charge in [0.05, 0.1) is 11.9 Å². The lowest BCUT2D eigenvalue weighted by molar-refractivity contribution is 0.379. The van der Waals surface area contributed by atoms with Crippen molar-refractivity contribution >= 4 is 23.3 Å². The lowest BCUT2D eigenvalue weighted by Gasteiger charge is -2.40. The number of rotatable bonds is 4. The molecule has 0 aliphatic heterocycles. The molecule has 1 saturated carbocycles. The zero-order valence-electron chi connectivity index (χ0n) is 8.86. The number of nitrogens with two attached hydrogens (primary N) is 1. The van der Waals surface area contributed by atoms with Crippen LogP contribution in [-0.2, 0) is 0 Å². The van der Waals surface area contributed by atoms with Crippen LogP contribution in [0.3, 0.4) is 0 Å². The molecule has 0 spiro atoms. The average molecular weight is 224 g/mol. The number of nitrogens with zero attached hydrogens (tertiary/aromatic N) is 2. The minimum absolute atomic E-state index is 0.400. The van der Waals surface area contributed by atoms with Crippen LogP contribution in [0.5, 0.6) is 0 Å². The van der Waals surface area contributed by atoms with Crippen LogP contribution in [0.2, 0.25) is 0 Å². The third kappa shape index (κ3) is 2.17. The molecule has 15 heavy (non-hydrogen) atoms. The van der Waals surface area contributed by atoms with Gasteiger partial charge in [-0.15, -0.1) is 0 Å². The van der Waals surface area contributed by atoms with Crippen molar-refractivity contribution in [3.05, 3.63) is 12.5 Å². The standard InChI is InChI=1S/C10H16N4S/c1-15-10(3-2-4-10)6-13-9-8(11)5-12-7-14-9/h5,7H,2-4,6,11H2,1H3,(H,12,13,14). The Balaban J connectivity index is 1.95. The molecule has 0 atom stereocenters. The molecule has 82 valence electrons. The normalized spacial score (nSPS) is 18.2. The molecule has 1 heterocycles. The van der Waals surface area contributed by atoms with Crippen LogP contribution in [0.1, 0.15) is 19.3 Å². The van der Waals surface area contributed by atoms with E-state index in [9.17, 15) is 0 Å². The van der Waals surface area contributed by atoms with E-state index in [0.29, 0.717) is 10.4 Å². The molecule has 0 unspecified atom stereocenters. The Bertz CT molecular complexity index is 332. The Labute approximate surface area is 94.1 Å². The largest absolute Gasteiger partial charge is 0.394 e. The van der Waals surface area contributed by atoms with Crippen molar-refractivity contribution in [1.29, 1.82) is 0 Å². The van der Waals surface area contributed by atoms with Gasteiger partial charge in [0.2, 0.25) is 0 Å². The number of nitrogens with one attached hydrogen (secondary N) is 1. The van der Waals surface area contributed by atoms with Crippen LogP contribution in [0.4, 0.5) is 11.5 Å². The highest BCUT2D eigenvalue weighted by Gasteiger charge is 2.35. The molecule has 0 amide bonds. The van der Waals surface area contributed by atoms with Gasteiger partial charge >= 0.3 is 0 Å². The van der Waals surface area contributed by atoms with E-state index in [2.05, 4.69) is 21.5 Å². The van der Waals surface area contributed by atoms with Crippen LogP contribution in [0.15, 0.2) is 12.5 Å². The summed E-state index contributed by atoms with van der Waals surface area (Å²) in [5.74, 6) is 0.755. The van der Waals surface area contributed by atoms with Crippen LogP contribution >= 0.6 is 11.8 Å². The van der Waals surface area contributed by atoms with Crippen molar-refractivity contribution in [3.63, 3.8) is 0 Å². The molecular formula is C10H16N4S. The van der Waals surface area contributed by atoms with Gasteiger partial charge in [-0.25, -0.2) is 9.97 Å². The summed E-state index contributed by atoms with van der Waals surface area (Å²) in [4.78, 5) is 7.98. The molecule has 1 aromatic rings. The summed E-state index contributed by atoms with van der Waals surface area (Å²) in [5, 5.41) is 3.31. The summed E-state index contributed by atoms with van der Waals surface area (Å²) in [6.45, 7) is 0.940. The van der Waals surface area contributed by atoms with Crippen molar-refractivity contribution in [2.24, 2.45) is 0 Å². The average Bonchev–Trinajstić information content (AvgIpc) is 2.19. The van der Waals surface area contributed by atoms with Crippen molar-refractivity contribution in [2.75, 3.05) is 23.9 Å². The van der Waals surface area contributed by atoms with Gasteiger partial charge in [0, 0.05) is 11.3 Å². The van der Waals surface area contributed by atoms with E-state index < -0.39 is 0 Å². The SMILES string of the molecule is CSC1(CNc2ncncc2N)CCC1. The monoisotopic (exact) mass is 224 g/mol. The fourth-order valence-electron chi connectivity index (χ4n) is 1.76. The third-order valence-electron chi connectivity index (χ3n) is 3.02. The van der Waals surface area contributed by atoms with Crippen LogP contribution < -0.4 is 11.1 Å². The van der Waals surface area contributed by atoms with Crippen molar-refractivity contribution in [2.45, 2.75) is 24.0 Å². The van der Waals surface area contributed by atoms with Gasteiger partial charge in [0.25, 0.3) is 0 Å². The first-order valence-electron chi connectivity index (χ1n) is 5.10. The minimum Gasteiger partial charge on any atom is -0.394 e. The lowest BCUT2D eigenvalue weighted by atomic mass is 9.84. The van der Waals surface area contributed by atoms with E-state index in [1.807, 2.05) is 11.8 Å². The molecule has 4 nitrogen and oxygen atoms in total. The maximum Gasteiger partial charge on any atom is 0.152 e. The first-order valence-corrected chi connectivity index (χ1v) is 6.33. The van der Waals surface area contributed by atoms with E-state index in [4.69, 9.17) is 5.73 Å². The van der Waals surface area contributed by atoms with Gasteiger partial charge in [-0.2, -0.15) is 11.8 Å². The summed E-state index contributed by atoms with van der Waals surface area (Å²) in [6.07, 6.45) is 9.22. The van der Waals surface area contributed by atoms with Crippen LogP contribution in [-0.4, -0.2) is 27.5 Å². The Morgan fingerprint density at radius 2 is 2.40 bits per heavy atom.